The predicted molar refractivity (Wildman–Crippen MR) is 76.1 cm³/mol. The molecule has 0 bridgehead atoms. The monoisotopic (exact) mass is 265 g/mol. The molecule has 98 valence electrons. The number of anilines is 1. The van der Waals surface area contributed by atoms with E-state index in [0.717, 1.165) is 25.1 Å². The lowest BCUT2D eigenvalue weighted by atomic mass is 10.2. The minimum absolute atomic E-state index is 0.176. The molecule has 1 aromatic carbocycles. The van der Waals surface area contributed by atoms with Gasteiger partial charge in [-0.3, -0.25) is 4.79 Å². The standard InChI is InChI=1S/C14H19NO2S/c1-11(7-9-16)18-10-14(17)15-8-6-12-4-2-3-5-13(12)15/h2-5,11,16H,6-10H2,1H3. The van der Waals surface area contributed by atoms with E-state index in [1.807, 2.05) is 30.0 Å². The van der Waals surface area contributed by atoms with Crippen molar-refractivity contribution < 1.29 is 9.90 Å². The zero-order valence-electron chi connectivity index (χ0n) is 10.6. The van der Waals surface area contributed by atoms with Crippen LogP contribution in [0.25, 0.3) is 0 Å². The van der Waals surface area contributed by atoms with E-state index < -0.39 is 0 Å². The van der Waals surface area contributed by atoms with Crippen molar-refractivity contribution in [3.63, 3.8) is 0 Å². The van der Waals surface area contributed by atoms with Gasteiger partial charge in [0.1, 0.15) is 0 Å². The molecule has 1 aliphatic rings. The summed E-state index contributed by atoms with van der Waals surface area (Å²) in [6.45, 7) is 3.04. The maximum absolute atomic E-state index is 12.2. The Hall–Kier alpha value is -1.00. The van der Waals surface area contributed by atoms with E-state index in [0.29, 0.717) is 11.0 Å². The molecule has 0 saturated carbocycles. The van der Waals surface area contributed by atoms with Gasteiger partial charge < -0.3 is 10.0 Å². The van der Waals surface area contributed by atoms with Gasteiger partial charge in [-0.1, -0.05) is 25.1 Å². The fourth-order valence-corrected chi connectivity index (χ4v) is 3.01. The molecule has 0 spiro atoms. The first kappa shape index (κ1) is 13.4. The molecule has 1 heterocycles. The lowest BCUT2D eigenvalue weighted by Crippen LogP contribution is -2.31. The number of rotatable bonds is 5. The number of carbonyl (C=O) groups is 1. The number of benzene rings is 1. The third-order valence-corrected chi connectivity index (χ3v) is 4.43. The molecule has 1 unspecified atom stereocenters. The minimum Gasteiger partial charge on any atom is -0.396 e. The average Bonchev–Trinajstić information content (AvgIpc) is 2.80. The Kier molecular flexibility index (Phi) is 4.66. The summed E-state index contributed by atoms with van der Waals surface area (Å²) in [5.41, 5.74) is 2.33. The van der Waals surface area contributed by atoms with Crippen LogP contribution in [0.1, 0.15) is 18.9 Å². The summed E-state index contributed by atoms with van der Waals surface area (Å²) < 4.78 is 0. The van der Waals surface area contributed by atoms with Crippen LogP contribution < -0.4 is 4.90 Å². The van der Waals surface area contributed by atoms with Crippen molar-refractivity contribution in [3.05, 3.63) is 29.8 Å². The topological polar surface area (TPSA) is 40.5 Å². The van der Waals surface area contributed by atoms with Gasteiger partial charge in [0.15, 0.2) is 0 Å². The summed E-state index contributed by atoms with van der Waals surface area (Å²) in [4.78, 5) is 14.0. The molecule has 1 aromatic rings. The molecule has 0 aliphatic carbocycles. The van der Waals surface area contributed by atoms with Crippen LogP contribution in [0.5, 0.6) is 0 Å². The first-order valence-corrected chi connectivity index (χ1v) is 7.38. The van der Waals surface area contributed by atoms with Gasteiger partial charge in [0.2, 0.25) is 5.91 Å². The van der Waals surface area contributed by atoms with E-state index in [4.69, 9.17) is 5.11 Å². The summed E-state index contributed by atoms with van der Waals surface area (Å²) in [5.74, 6) is 0.671. The van der Waals surface area contributed by atoms with Gasteiger partial charge in [-0.25, -0.2) is 0 Å². The van der Waals surface area contributed by atoms with E-state index in [2.05, 4.69) is 6.07 Å². The molecule has 0 fully saturated rings. The van der Waals surface area contributed by atoms with Crippen LogP contribution in [-0.4, -0.2) is 35.2 Å². The number of aliphatic hydroxyl groups excluding tert-OH is 1. The number of thioether (sulfide) groups is 1. The highest BCUT2D eigenvalue weighted by atomic mass is 32.2. The van der Waals surface area contributed by atoms with Crippen molar-refractivity contribution in [3.8, 4) is 0 Å². The van der Waals surface area contributed by atoms with Crippen molar-refractivity contribution in [2.24, 2.45) is 0 Å². The maximum Gasteiger partial charge on any atom is 0.237 e. The SMILES string of the molecule is CC(CCO)SCC(=O)N1CCc2ccccc21. The molecule has 1 amide bonds. The summed E-state index contributed by atoms with van der Waals surface area (Å²) in [5, 5.41) is 9.17. The molecule has 18 heavy (non-hydrogen) atoms. The molecule has 2 rings (SSSR count). The molecule has 0 aromatic heterocycles. The quantitative estimate of drug-likeness (QED) is 0.886. The normalized spacial score (nSPS) is 15.6. The average molecular weight is 265 g/mol. The molecule has 1 atom stereocenters. The highest BCUT2D eigenvalue weighted by Crippen LogP contribution is 2.28. The third kappa shape index (κ3) is 3.06. The lowest BCUT2D eigenvalue weighted by molar-refractivity contribution is -0.116. The van der Waals surface area contributed by atoms with Gasteiger partial charge in [-0.15, -0.1) is 11.8 Å². The number of nitrogens with zero attached hydrogens (tertiary/aromatic N) is 1. The number of para-hydroxylation sites is 1. The fourth-order valence-electron chi connectivity index (χ4n) is 2.15. The van der Waals surface area contributed by atoms with Crippen LogP contribution >= 0.6 is 11.8 Å². The number of carbonyl (C=O) groups excluding carboxylic acids is 1. The van der Waals surface area contributed by atoms with E-state index in [1.165, 1.54) is 5.56 Å². The van der Waals surface area contributed by atoms with Gasteiger partial charge in [0, 0.05) is 24.1 Å². The number of amides is 1. The smallest absolute Gasteiger partial charge is 0.237 e. The van der Waals surface area contributed by atoms with Gasteiger partial charge >= 0.3 is 0 Å². The van der Waals surface area contributed by atoms with E-state index in [-0.39, 0.29) is 12.5 Å². The second-order valence-electron chi connectivity index (χ2n) is 4.56. The third-order valence-electron chi connectivity index (χ3n) is 3.22. The summed E-state index contributed by atoms with van der Waals surface area (Å²) >= 11 is 1.62. The van der Waals surface area contributed by atoms with Crippen LogP contribution in [0, 0.1) is 0 Å². The van der Waals surface area contributed by atoms with Gasteiger partial charge in [0.05, 0.1) is 5.75 Å². The van der Waals surface area contributed by atoms with Crippen LogP contribution in [0.15, 0.2) is 24.3 Å². The van der Waals surface area contributed by atoms with Crippen LogP contribution in [0.2, 0.25) is 0 Å². The van der Waals surface area contributed by atoms with Crippen molar-refractivity contribution in [2.45, 2.75) is 25.0 Å². The number of aliphatic hydroxyl groups is 1. The Balaban J connectivity index is 1.91. The Labute approximate surface area is 112 Å². The van der Waals surface area contributed by atoms with Crippen LogP contribution in [-0.2, 0) is 11.2 Å². The second-order valence-corrected chi connectivity index (χ2v) is 5.98. The molecule has 0 saturated heterocycles. The van der Waals surface area contributed by atoms with Crippen molar-refractivity contribution in [1.29, 1.82) is 0 Å². The van der Waals surface area contributed by atoms with Crippen molar-refractivity contribution in [2.75, 3.05) is 23.8 Å². The molecule has 3 nitrogen and oxygen atoms in total. The highest BCUT2D eigenvalue weighted by Gasteiger charge is 2.24. The maximum atomic E-state index is 12.2. The van der Waals surface area contributed by atoms with Gasteiger partial charge in [0.25, 0.3) is 0 Å². The zero-order chi connectivity index (χ0) is 13.0. The Morgan fingerprint density at radius 3 is 3.06 bits per heavy atom. The molecule has 1 aliphatic heterocycles. The summed E-state index contributed by atoms with van der Waals surface area (Å²) in [7, 11) is 0. The van der Waals surface area contributed by atoms with E-state index >= 15 is 0 Å². The van der Waals surface area contributed by atoms with Gasteiger partial charge in [-0.05, 0) is 24.5 Å². The molecule has 0 radical (unpaired) electrons. The second kappa shape index (κ2) is 6.25. The Bertz CT molecular complexity index is 422. The minimum atomic E-state index is 0.176. The van der Waals surface area contributed by atoms with Gasteiger partial charge in [-0.2, -0.15) is 0 Å². The van der Waals surface area contributed by atoms with Crippen LogP contribution in [0.4, 0.5) is 5.69 Å². The van der Waals surface area contributed by atoms with Crippen molar-refractivity contribution in [1.82, 2.24) is 0 Å². The number of hydrogen-bond acceptors (Lipinski definition) is 3. The predicted octanol–water partition coefficient (Wildman–Crippen LogP) is 2.08. The largest absolute Gasteiger partial charge is 0.396 e. The molecule has 1 N–H and O–H groups in total. The summed E-state index contributed by atoms with van der Waals surface area (Å²) in [6.07, 6.45) is 1.70. The van der Waals surface area contributed by atoms with E-state index in [1.54, 1.807) is 11.8 Å². The van der Waals surface area contributed by atoms with Crippen LogP contribution in [0.3, 0.4) is 0 Å². The summed E-state index contributed by atoms with van der Waals surface area (Å²) in [6, 6.07) is 8.10. The lowest BCUT2D eigenvalue weighted by Gasteiger charge is -2.18. The molecular weight excluding hydrogens is 246 g/mol. The molecular formula is C14H19NO2S. The number of fused-ring (bicyclic) bond motifs is 1. The Morgan fingerprint density at radius 2 is 2.28 bits per heavy atom. The number of hydrogen-bond donors (Lipinski definition) is 1. The first-order valence-electron chi connectivity index (χ1n) is 6.33. The fraction of sp³-hybridized carbons (Fsp3) is 0.500. The Morgan fingerprint density at radius 1 is 1.50 bits per heavy atom. The molecule has 4 heteroatoms. The van der Waals surface area contributed by atoms with Crippen molar-refractivity contribution >= 4 is 23.4 Å². The zero-order valence-corrected chi connectivity index (χ0v) is 11.4. The first-order chi connectivity index (χ1) is 8.72. The van der Waals surface area contributed by atoms with E-state index in [9.17, 15) is 4.79 Å². The highest BCUT2D eigenvalue weighted by molar-refractivity contribution is 8.00.